The lowest BCUT2D eigenvalue weighted by atomic mass is 10.1. The van der Waals surface area contributed by atoms with E-state index in [1.165, 1.54) is 29.2 Å². The molecule has 0 bridgehead atoms. The number of sulfonamides is 1. The minimum atomic E-state index is -4.15. The van der Waals surface area contributed by atoms with E-state index in [-0.39, 0.29) is 23.4 Å². The summed E-state index contributed by atoms with van der Waals surface area (Å²) in [6.45, 7) is 3.14. The van der Waals surface area contributed by atoms with Crippen LogP contribution in [0.1, 0.15) is 43.7 Å². The van der Waals surface area contributed by atoms with Gasteiger partial charge in [0.2, 0.25) is 11.8 Å². The topological polar surface area (TPSA) is 86.8 Å². The van der Waals surface area contributed by atoms with Crippen molar-refractivity contribution in [3.05, 3.63) is 93.4 Å². The zero-order valence-corrected chi connectivity index (χ0v) is 25.7. The summed E-state index contributed by atoms with van der Waals surface area (Å²) < 4.78 is 29.8. The summed E-state index contributed by atoms with van der Waals surface area (Å²) in [7, 11) is -4.15. The van der Waals surface area contributed by atoms with Crippen molar-refractivity contribution in [1.82, 2.24) is 10.2 Å². The fourth-order valence-corrected chi connectivity index (χ4v) is 6.95. The van der Waals surface area contributed by atoms with Gasteiger partial charge in [-0.3, -0.25) is 13.9 Å². The third kappa shape index (κ3) is 7.25. The molecule has 3 aromatic rings. The third-order valence-corrected chi connectivity index (χ3v) is 9.69. The molecule has 212 valence electrons. The second-order valence-electron chi connectivity index (χ2n) is 10.1. The summed E-state index contributed by atoms with van der Waals surface area (Å²) >= 11 is 9.48. The average Bonchev–Trinajstić information content (AvgIpc) is 3.43. The molecule has 0 saturated heterocycles. The minimum Gasteiger partial charge on any atom is -0.352 e. The van der Waals surface area contributed by atoms with E-state index in [2.05, 4.69) is 21.2 Å². The molecule has 1 N–H and O–H groups in total. The maximum absolute atomic E-state index is 14.0. The summed E-state index contributed by atoms with van der Waals surface area (Å²) in [6, 6.07) is 19.6. The lowest BCUT2D eigenvalue weighted by Gasteiger charge is -2.33. The second-order valence-corrected chi connectivity index (χ2v) is 13.3. The van der Waals surface area contributed by atoms with Crippen LogP contribution < -0.4 is 9.62 Å². The van der Waals surface area contributed by atoms with Gasteiger partial charge in [-0.2, -0.15) is 0 Å². The first kappa shape index (κ1) is 30.1. The number of rotatable bonds is 10. The monoisotopic (exact) mass is 645 g/mol. The number of hydrogen-bond acceptors (Lipinski definition) is 4. The Morgan fingerprint density at radius 2 is 1.70 bits per heavy atom. The quantitative estimate of drug-likeness (QED) is 0.289. The molecule has 0 spiro atoms. The first-order valence-electron chi connectivity index (χ1n) is 13.2. The van der Waals surface area contributed by atoms with Crippen LogP contribution in [0.15, 0.2) is 82.2 Å². The molecule has 4 rings (SSSR count). The number of nitrogens with one attached hydrogen (secondary N) is 1. The Kier molecular flexibility index (Phi) is 9.92. The highest BCUT2D eigenvalue weighted by molar-refractivity contribution is 9.10. The van der Waals surface area contributed by atoms with E-state index in [4.69, 9.17) is 11.6 Å². The fourth-order valence-electron chi connectivity index (χ4n) is 4.90. The van der Waals surface area contributed by atoms with Crippen molar-refractivity contribution in [3.8, 4) is 0 Å². The fraction of sp³-hybridized carbons (Fsp3) is 0.333. The van der Waals surface area contributed by atoms with Gasteiger partial charge in [0.1, 0.15) is 12.6 Å². The van der Waals surface area contributed by atoms with Crippen LogP contribution in [0, 0.1) is 6.92 Å². The number of carbonyl (C=O) groups excluding carboxylic acids is 2. The number of carbonyl (C=O) groups is 2. The summed E-state index contributed by atoms with van der Waals surface area (Å²) in [4.78, 5) is 28.8. The SMILES string of the molecule is Cc1ccccc1N(CC(=O)N(Cc1cccc(Br)c1)C(C)C(=O)NC1CCCC1)S(=O)(=O)c1ccc(Cl)cc1. The van der Waals surface area contributed by atoms with Crippen LogP contribution in [0.2, 0.25) is 5.02 Å². The molecule has 1 aliphatic rings. The molecule has 3 aromatic carbocycles. The Balaban J connectivity index is 1.69. The van der Waals surface area contributed by atoms with E-state index in [0.29, 0.717) is 16.3 Å². The number of benzene rings is 3. The average molecular weight is 647 g/mol. The van der Waals surface area contributed by atoms with Gasteiger partial charge in [0.25, 0.3) is 10.0 Å². The summed E-state index contributed by atoms with van der Waals surface area (Å²) in [6.07, 6.45) is 3.96. The second kappa shape index (κ2) is 13.2. The third-order valence-electron chi connectivity index (χ3n) is 7.18. The molecule has 10 heteroatoms. The molecule has 1 unspecified atom stereocenters. The van der Waals surface area contributed by atoms with Crippen molar-refractivity contribution < 1.29 is 18.0 Å². The van der Waals surface area contributed by atoms with Gasteiger partial charge in [-0.1, -0.05) is 70.7 Å². The molecule has 1 aliphatic carbocycles. The zero-order valence-electron chi connectivity index (χ0n) is 22.5. The Morgan fingerprint density at radius 1 is 1.02 bits per heavy atom. The van der Waals surface area contributed by atoms with Crippen LogP contribution in [0.3, 0.4) is 0 Å². The van der Waals surface area contributed by atoms with Gasteiger partial charge in [0, 0.05) is 22.1 Å². The molecule has 0 aliphatic heterocycles. The Morgan fingerprint density at radius 3 is 2.35 bits per heavy atom. The van der Waals surface area contributed by atoms with Crippen molar-refractivity contribution >= 4 is 55.1 Å². The van der Waals surface area contributed by atoms with Crippen molar-refractivity contribution in [2.75, 3.05) is 10.8 Å². The highest BCUT2D eigenvalue weighted by Crippen LogP contribution is 2.28. The van der Waals surface area contributed by atoms with E-state index in [1.54, 1.807) is 32.0 Å². The number of amides is 2. The molecule has 0 aromatic heterocycles. The van der Waals surface area contributed by atoms with Crippen molar-refractivity contribution in [1.29, 1.82) is 0 Å². The van der Waals surface area contributed by atoms with Gasteiger partial charge in [0.15, 0.2) is 0 Å². The molecule has 0 heterocycles. The Labute approximate surface area is 249 Å². The maximum Gasteiger partial charge on any atom is 0.264 e. The van der Waals surface area contributed by atoms with Gasteiger partial charge < -0.3 is 10.2 Å². The van der Waals surface area contributed by atoms with Gasteiger partial charge in [0.05, 0.1) is 10.6 Å². The molecular formula is C30H33BrClN3O4S. The molecule has 2 amide bonds. The van der Waals surface area contributed by atoms with Crippen LogP contribution in [0.4, 0.5) is 5.69 Å². The summed E-state index contributed by atoms with van der Waals surface area (Å²) in [5.41, 5.74) is 1.89. The molecule has 1 saturated carbocycles. The van der Waals surface area contributed by atoms with Gasteiger partial charge >= 0.3 is 0 Å². The smallest absolute Gasteiger partial charge is 0.264 e. The number of para-hydroxylation sites is 1. The number of nitrogens with zero attached hydrogens (tertiary/aromatic N) is 2. The van der Waals surface area contributed by atoms with E-state index in [1.807, 2.05) is 30.3 Å². The number of halogens is 2. The molecule has 40 heavy (non-hydrogen) atoms. The van der Waals surface area contributed by atoms with E-state index in [9.17, 15) is 18.0 Å². The van der Waals surface area contributed by atoms with Crippen LogP contribution in [0.5, 0.6) is 0 Å². The predicted octanol–water partition coefficient (Wildman–Crippen LogP) is 6.08. The lowest BCUT2D eigenvalue weighted by molar-refractivity contribution is -0.139. The van der Waals surface area contributed by atoms with Gasteiger partial charge in [-0.05, 0) is 80.3 Å². The standard InChI is InChI=1S/C30H33BrClN3O4S/c1-21-8-3-6-13-28(21)35(40(38,39)27-16-14-25(32)15-17-27)20-29(36)34(19-23-9-7-10-24(31)18-23)22(2)30(37)33-26-11-4-5-12-26/h3,6-10,13-18,22,26H,4-5,11-12,19-20H2,1-2H3,(H,33,37). The Bertz CT molecular complexity index is 1460. The van der Waals surface area contributed by atoms with Crippen LogP contribution >= 0.6 is 27.5 Å². The van der Waals surface area contributed by atoms with Gasteiger partial charge in [-0.15, -0.1) is 0 Å². The summed E-state index contributed by atoms with van der Waals surface area (Å²) in [5, 5.41) is 3.48. The first-order valence-corrected chi connectivity index (χ1v) is 15.9. The largest absolute Gasteiger partial charge is 0.352 e. The highest BCUT2D eigenvalue weighted by atomic mass is 79.9. The van der Waals surface area contributed by atoms with E-state index >= 15 is 0 Å². The molecule has 0 radical (unpaired) electrons. The highest BCUT2D eigenvalue weighted by Gasteiger charge is 2.33. The van der Waals surface area contributed by atoms with Crippen LogP contribution in [-0.2, 0) is 26.2 Å². The van der Waals surface area contributed by atoms with Gasteiger partial charge in [-0.25, -0.2) is 8.42 Å². The van der Waals surface area contributed by atoms with Crippen molar-refractivity contribution in [3.63, 3.8) is 0 Å². The maximum atomic E-state index is 14.0. The van der Waals surface area contributed by atoms with E-state index in [0.717, 1.165) is 40.0 Å². The van der Waals surface area contributed by atoms with Crippen molar-refractivity contribution in [2.24, 2.45) is 0 Å². The lowest BCUT2D eigenvalue weighted by Crippen LogP contribution is -2.52. The normalized spacial score (nSPS) is 14.5. The first-order chi connectivity index (χ1) is 19.1. The molecule has 7 nitrogen and oxygen atoms in total. The molecule has 1 atom stereocenters. The van der Waals surface area contributed by atoms with Crippen LogP contribution in [0.25, 0.3) is 0 Å². The zero-order chi connectivity index (χ0) is 28.9. The minimum absolute atomic E-state index is 0.0125. The molecule has 1 fully saturated rings. The number of aryl methyl sites for hydroxylation is 1. The van der Waals surface area contributed by atoms with Crippen LogP contribution in [-0.4, -0.2) is 43.8 Å². The van der Waals surface area contributed by atoms with E-state index < -0.39 is 28.5 Å². The predicted molar refractivity (Wildman–Crippen MR) is 162 cm³/mol. The van der Waals surface area contributed by atoms with Crippen molar-refractivity contribution in [2.45, 2.75) is 63.1 Å². The molecular weight excluding hydrogens is 614 g/mol. The Hall–Kier alpha value is -2.88. The number of anilines is 1. The summed E-state index contributed by atoms with van der Waals surface area (Å²) in [5.74, 6) is -0.743. The number of hydrogen-bond donors (Lipinski definition) is 1.